The topological polar surface area (TPSA) is 67.9 Å². The molecule has 31 heavy (non-hydrogen) atoms. The van der Waals surface area contributed by atoms with Crippen LogP contribution < -0.4 is 14.8 Å². The molecule has 2 aromatic rings. The van der Waals surface area contributed by atoms with Crippen molar-refractivity contribution in [2.45, 2.75) is 38.6 Å². The fraction of sp³-hybridized carbons (Fsp3) is 0.417. The summed E-state index contributed by atoms with van der Waals surface area (Å²) in [4.78, 5) is 26.9. The summed E-state index contributed by atoms with van der Waals surface area (Å²) in [6.07, 6.45) is 2.49. The van der Waals surface area contributed by atoms with E-state index in [4.69, 9.17) is 21.1 Å². The zero-order chi connectivity index (χ0) is 22.2. The van der Waals surface area contributed by atoms with Crippen LogP contribution in [-0.2, 0) is 11.2 Å². The predicted molar refractivity (Wildman–Crippen MR) is 121 cm³/mol. The number of nitrogens with zero attached hydrogens (tertiary/aromatic N) is 1. The van der Waals surface area contributed by atoms with Crippen LogP contribution >= 0.6 is 11.6 Å². The predicted octanol–water partition coefficient (Wildman–Crippen LogP) is 4.10. The molecule has 0 saturated carbocycles. The van der Waals surface area contributed by atoms with Gasteiger partial charge in [-0.05, 0) is 56.0 Å². The number of likely N-dealkylation sites (tertiary alicyclic amines) is 1. The normalized spacial score (nSPS) is 14.2. The number of hydrogen-bond donors (Lipinski definition) is 1. The maximum Gasteiger partial charge on any atom is 0.255 e. The highest BCUT2D eigenvalue weighted by molar-refractivity contribution is 6.33. The van der Waals surface area contributed by atoms with Gasteiger partial charge in [0.25, 0.3) is 5.91 Å². The molecule has 1 aliphatic rings. The monoisotopic (exact) mass is 444 g/mol. The summed E-state index contributed by atoms with van der Waals surface area (Å²) in [6, 6.07) is 12.9. The van der Waals surface area contributed by atoms with Gasteiger partial charge in [-0.25, -0.2) is 0 Å². The van der Waals surface area contributed by atoms with Crippen molar-refractivity contribution in [1.82, 2.24) is 10.2 Å². The van der Waals surface area contributed by atoms with Gasteiger partial charge in [-0.1, -0.05) is 29.8 Å². The number of hydrogen-bond acceptors (Lipinski definition) is 4. The molecule has 1 fully saturated rings. The number of rotatable bonds is 8. The van der Waals surface area contributed by atoms with Crippen LogP contribution in [0.2, 0.25) is 5.02 Å². The first-order chi connectivity index (χ1) is 15.0. The number of aryl methyl sites for hydroxylation is 1. The highest BCUT2D eigenvalue weighted by Crippen LogP contribution is 2.28. The number of halogens is 1. The zero-order valence-electron chi connectivity index (χ0n) is 18.0. The molecule has 0 aliphatic carbocycles. The van der Waals surface area contributed by atoms with Crippen LogP contribution in [0, 0.1) is 0 Å². The summed E-state index contributed by atoms with van der Waals surface area (Å²) in [5, 5.41) is 3.57. The summed E-state index contributed by atoms with van der Waals surface area (Å²) in [6.45, 7) is 3.70. The lowest BCUT2D eigenvalue weighted by Crippen LogP contribution is -2.46. The minimum Gasteiger partial charge on any atom is -0.493 e. The van der Waals surface area contributed by atoms with Gasteiger partial charge >= 0.3 is 0 Å². The van der Waals surface area contributed by atoms with Gasteiger partial charge in [-0.15, -0.1) is 0 Å². The number of nitrogens with one attached hydrogen (secondary N) is 1. The number of amides is 2. The Morgan fingerprint density at radius 2 is 1.87 bits per heavy atom. The highest BCUT2D eigenvalue weighted by Gasteiger charge is 2.25. The van der Waals surface area contributed by atoms with Crippen molar-refractivity contribution in [3.8, 4) is 11.5 Å². The largest absolute Gasteiger partial charge is 0.493 e. The third-order valence-corrected chi connectivity index (χ3v) is 5.75. The molecule has 0 atom stereocenters. The standard InChI is InChI=1S/C24H29ClN2O4/c1-3-31-21-10-8-17(16-22(21)30-2)9-11-23(28)26-18-12-14-27(15-13-18)24(29)19-6-4-5-7-20(19)25/h4-8,10,16,18H,3,9,11-15H2,1-2H3,(H,26,28). The number of methoxy groups -OCH3 is 1. The SMILES string of the molecule is CCOc1ccc(CCC(=O)NC2CCN(C(=O)c3ccccc3Cl)CC2)cc1OC. The third kappa shape index (κ3) is 6.14. The molecule has 6 nitrogen and oxygen atoms in total. The second-order valence-electron chi connectivity index (χ2n) is 7.53. The van der Waals surface area contributed by atoms with E-state index in [0.29, 0.717) is 54.6 Å². The lowest BCUT2D eigenvalue weighted by molar-refractivity contribution is -0.122. The van der Waals surface area contributed by atoms with E-state index >= 15 is 0 Å². The number of carbonyl (C=O) groups excluding carboxylic acids is 2. The molecule has 1 saturated heterocycles. The van der Waals surface area contributed by atoms with Crippen molar-refractivity contribution in [1.29, 1.82) is 0 Å². The van der Waals surface area contributed by atoms with Gasteiger partial charge in [-0.3, -0.25) is 9.59 Å². The molecular weight excluding hydrogens is 416 g/mol. The van der Waals surface area contributed by atoms with Crippen LogP contribution in [0.3, 0.4) is 0 Å². The van der Waals surface area contributed by atoms with Gasteiger partial charge in [0.15, 0.2) is 11.5 Å². The second-order valence-corrected chi connectivity index (χ2v) is 7.94. The average Bonchev–Trinajstić information content (AvgIpc) is 2.79. The molecule has 2 aromatic carbocycles. The molecule has 1 heterocycles. The van der Waals surface area contributed by atoms with E-state index in [2.05, 4.69) is 5.32 Å². The van der Waals surface area contributed by atoms with E-state index in [-0.39, 0.29) is 17.9 Å². The molecule has 0 bridgehead atoms. The van der Waals surface area contributed by atoms with Crippen molar-refractivity contribution in [2.75, 3.05) is 26.8 Å². The summed E-state index contributed by atoms with van der Waals surface area (Å²) in [7, 11) is 1.61. The van der Waals surface area contributed by atoms with Gasteiger partial charge in [0.05, 0.1) is 24.3 Å². The quantitative estimate of drug-likeness (QED) is 0.665. The van der Waals surface area contributed by atoms with Crippen LogP contribution in [0.15, 0.2) is 42.5 Å². The fourth-order valence-electron chi connectivity index (χ4n) is 3.73. The average molecular weight is 445 g/mol. The zero-order valence-corrected chi connectivity index (χ0v) is 18.8. The summed E-state index contributed by atoms with van der Waals surface area (Å²) in [5.41, 5.74) is 1.55. The van der Waals surface area contributed by atoms with E-state index in [9.17, 15) is 9.59 Å². The Kier molecular flexibility index (Phi) is 8.18. The minimum atomic E-state index is -0.0557. The van der Waals surface area contributed by atoms with E-state index in [1.165, 1.54) is 0 Å². The first kappa shape index (κ1) is 22.9. The Hall–Kier alpha value is -2.73. The number of carbonyl (C=O) groups is 2. The molecule has 7 heteroatoms. The van der Waals surface area contributed by atoms with Crippen LogP contribution in [0.1, 0.15) is 42.1 Å². The first-order valence-corrected chi connectivity index (χ1v) is 11.0. The molecule has 0 aromatic heterocycles. The van der Waals surface area contributed by atoms with Crippen LogP contribution in [0.25, 0.3) is 0 Å². The van der Waals surface area contributed by atoms with E-state index in [0.717, 1.165) is 18.4 Å². The van der Waals surface area contributed by atoms with Crippen molar-refractivity contribution >= 4 is 23.4 Å². The smallest absolute Gasteiger partial charge is 0.255 e. The Labute approximate surface area is 188 Å². The lowest BCUT2D eigenvalue weighted by atomic mass is 10.0. The second kappa shape index (κ2) is 11.0. The molecule has 2 amide bonds. The van der Waals surface area contributed by atoms with Gasteiger partial charge in [-0.2, -0.15) is 0 Å². The molecule has 0 unspecified atom stereocenters. The van der Waals surface area contributed by atoms with Crippen molar-refractivity contribution in [3.05, 3.63) is 58.6 Å². The molecule has 1 aliphatic heterocycles. The first-order valence-electron chi connectivity index (χ1n) is 10.6. The fourth-order valence-corrected chi connectivity index (χ4v) is 3.95. The molecule has 1 N–H and O–H groups in total. The van der Waals surface area contributed by atoms with Gasteiger partial charge < -0.3 is 19.7 Å². The summed E-state index contributed by atoms with van der Waals surface area (Å²) >= 11 is 6.15. The molecule has 0 spiro atoms. The van der Waals surface area contributed by atoms with E-state index in [1.807, 2.05) is 37.3 Å². The van der Waals surface area contributed by atoms with Crippen molar-refractivity contribution in [2.24, 2.45) is 0 Å². The highest BCUT2D eigenvalue weighted by atomic mass is 35.5. The molecule has 0 radical (unpaired) electrons. The van der Waals surface area contributed by atoms with Crippen LogP contribution in [0.4, 0.5) is 0 Å². The molecule has 3 rings (SSSR count). The maximum absolute atomic E-state index is 12.7. The molecular formula is C24H29ClN2O4. The summed E-state index contributed by atoms with van der Waals surface area (Å²) in [5.74, 6) is 1.34. The maximum atomic E-state index is 12.7. The lowest BCUT2D eigenvalue weighted by Gasteiger charge is -2.32. The van der Waals surface area contributed by atoms with E-state index in [1.54, 1.807) is 24.1 Å². The minimum absolute atomic E-state index is 0.0173. The van der Waals surface area contributed by atoms with Gasteiger partial charge in [0.2, 0.25) is 5.91 Å². The Morgan fingerprint density at radius 1 is 1.13 bits per heavy atom. The Bertz CT molecular complexity index is 910. The third-order valence-electron chi connectivity index (χ3n) is 5.42. The van der Waals surface area contributed by atoms with Crippen molar-refractivity contribution in [3.63, 3.8) is 0 Å². The van der Waals surface area contributed by atoms with Gasteiger partial charge in [0.1, 0.15) is 0 Å². The number of piperidine rings is 1. The number of benzene rings is 2. The summed E-state index contributed by atoms with van der Waals surface area (Å²) < 4.78 is 10.9. The van der Waals surface area contributed by atoms with Crippen LogP contribution in [-0.4, -0.2) is 49.6 Å². The number of ether oxygens (including phenoxy) is 2. The van der Waals surface area contributed by atoms with Gasteiger partial charge in [0, 0.05) is 25.6 Å². The Morgan fingerprint density at radius 3 is 2.55 bits per heavy atom. The van der Waals surface area contributed by atoms with E-state index < -0.39 is 0 Å². The van der Waals surface area contributed by atoms with Crippen LogP contribution in [0.5, 0.6) is 11.5 Å². The Balaban J connectivity index is 1.45. The van der Waals surface area contributed by atoms with Crippen molar-refractivity contribution < 1.29 is 19.1 Å². The molecule has 166 valence electrons.